The van der Waals surface area contributed by atoms with E-state index in [1.165, 1.54) is 0 Å². The lowest BCUT2D eigenvalue weighted by atomic mass is 10.3. The minimum atomic E-state index is -0.360. The Morgan fingerprint density at radius 2 is 1.88 bits per heavy atom. The van der Waals surface area contributed by atoms with Crippen LogP contribution in [0.15, 0.2) is 22.8 Å². The molecule has 0 aliphatic carbocycles. The van der Waals surface area contributed by atoms with Gasteiger partial charge in [-0.2, -0.15) is 0 Å². The summed E-state index contributed by atoms with van der Waals surface area (Å²) in [6.45, 7) is 3.68. The molecule has 26 heavy (non-hydrogen) atoms. The van der Waals surface area contributed by atoms with Crippen molar-refractivity contribution in [1.29, 1.82) is 0 Å². The number of carbonyl (C=O) groups is 3. The summed E-state index contributed by atoms with van der Waals surface area (Å²) in [5, 5.41) is 2.64. The maximum Gasteiger partial charge on any atom is 0.409 e. The van der Waals surface area contributed by atoms with E-state index in [-0.39, 0.29) is 24.5 Å². The number of hydrogen-bond acceptors (Lipinski definition) is 5. The molecule has 2 aromatic rings. The predicted octanol–water partition coefficient (Wildman–Crippen LogP) is 0.802. The van der Waals surface area contributed by atoms with Gasteiger partial charge in [0.05, 0.1) is 24.9 Å². The van der Waals surface area contributed by atoms with Crippen molar-refractivity contribution < 1.29 is 23.5 Å². The number of piperazine rings is 1. The molecule has 1 fully saturated rings. The van der Waals surface area contributed by atoms with Gasteiger partial charge in [0.2, 0.25) is 5.91 Å². The second-order valence-corrected chi connectivity index (χ2v) is 6.01. The smallest absolute Gasteiger partial charge is 0.409 e. The van der Waals surface area contributed by atoms with Crippen LogP contribution in [-0.4, -0.2) is 71.6 Å². The Morgan fingerprint density at radius 1 is 1.19 bits per heavy atom. The van der Waals surface area contributed by atoms with Crippen LogP contribution in [0.1, 0.15) is 17.4 Å². The molecule has 9 nitrogen and oxygen atoms in total. The van der Waals surface area contributed by atoms with Gasteiger partial charge < -0.3 is 28.8 Å². The van der Waals surface area contributed by atoms with Crippen molar-refractivity contribution in [3.8, 4) is 0 Å². The van der Waals surface area contributed by atoms with Crippen molar-refractivity contribution in [2.45, 2.75) is 6.92 Å². The van der Waals surface area contributed by atoms with E-state index in [1.807, 2.05) is 0 Å². The van der Waals surface area contributed by atoms with E-state index in [2.05, 4.69) is 5.32 Å². The van der Waals surface area contributed by atoms with Gasteiger partial charge in [-0.15, -0.1) is 0 Å². The first kappa shape index (κ1) is 17.8. The summed E-state index contributed by atoms with van der Waals surface area (Å²) < 4.78 is 11.9. The van der Waals surface area contributed by atoms with Crippen LogP contribution < -0.4 is 5.32 Å². The normalized spacial score (nSPS) is 14.5. The Hall–Kier alpha value is -2.97. The maximum atomic E-state index is 12.3. The van der Waals surface area contributed by atoms with Crippen molar-refractivity contribution in [3.05, 3.63) is 24.1 Å². The lowest BCUT2D eigenvalue weighted by Gasteiger charge is -2.34. The van der Waals surface area contributed by atoms with Crippen molar-refractivity contribution in [2.75, 3.05) is 39.3 Å². The monoisotopic (exact) mass is 362 g/mol. The topological polar surface area (TPSA) is 97.0 Å². The molecule has 0 saturated carbocycles. The number of rotatable bonds is 4. The average Bonchev–Trinajstić information content (AvgIpc) is 3.23. The second kappa shape index (κ2) is 7.51. The van der Waals surface area contributed by atoms with E-state index in [0.29, 0.717) is 44.1 Å². The number of hydrogen-bond donors (Lipinski definition) is 1. The number of nitrogens with one attached hydrogen (secondary N) is 1. The zero-order chi connectivity index (χ0) is 18.7. The van der Waals surface area contributed by atoms with E-state index < -0.39 is 0 Å². The fourth-order valence-corrected chi connectivity index (χ4v) is 2.98. The third-order valence-electron chi connectivity index (χ3n) is 4.46. The van der Waals surface area contributed by atoms with Crippen molar-refractivity contribution in [1.82, 2.24) is 19.7 Å². The standard InChI is InChI=1S/C17H22N4O5/c1-3-25-17(24)21-7-5-20(6-8-21)15(22)11-18-16(23)13-10-14-12(19(13)2)4-9-26-14/h4,9-10H,3,5-8,11H2,1-2H3,(H,18,23). The van der Waals surface area contributed by atoms with Gasteiger partial charge in [0.25, 0.3) is 5.91 Å². The minimum Gasteiger partial charge on any atom is -0.463 e. The Labute approximate surface area is 150 Å². The van der Waals surface area contributed by atoms with Crippen LogP contribution in [0.25, 0.3) is 11.1 Å². The summed E-state index contributed by atoms with van der Waals surface area (Å²) in [6.07, 6.45) is 1.20. The molecule has 1 saturated heterocycles. The lowest BCUT2D eigenvalue weighted by molar-refractivity contribution is -0.131. The summed E-state index contributed by atoms with van der Waals surface area (Å²) in [4.78, 5) is 39.5. The summed E-state index contributed by atoms with van der Waals surface area (Å²) in [6, 6.07) is 3.42. The van der Waals surface area contributed by atoms with E-state index in [4.69, 9.17) is 9.15 Å². The van der Waals surface area contributed by atoms with E-state index >= 15 is 0 Å². The quantitative estimate of drug-likeness (QED) is 0.868. The molecule has 140 valence electrons. The molecular formula is C17H22N4O5. The molecule has 1 aliphatic rings. The highest BCUT2D eigenvalue weighted by atomic mass is 16.6. The maximum absolute atomic E-state index is 12.3. The molecule has 1 N–H and O–H groups in total. The van der Waals surface area contributed by atoms with Crippen molar-refractivity contribution in [2.24, 2.45) is 7.05 Å². The Kier molecular flexibility index (Phi) is 5.15. The van der Waals surface area contributed by atoms with E-state index in [0.717, 1.165) is 5.52 Å². The molecule has 0 radical (unpaired) electrons. The van der Waals surface area contributed by atoms with Gasteiger partial charge >= 0.3 is 6.09 Å². The highest BCUT2D eigenvalue weighted by molar-refractivity contribution is 5.99. The van der Waals surface area contributed by atoms with Gasteiger partial charge in [0.1, 0.15) is 5.69 Å². The third-order valence-corrected chi connectivity index (χ3v) is 4.46. The van der Waals surface area contributed by atoms with Crippen LogP contribution in [0.2, 0.25) is 0 Å². The van der Waals surface area contributed by atoms with Crippen LogP contribution in [0.4, 0.5) is 4.79 Å². The molecule has 9 heteroatoms. The first-order chi connectivity index (χ1) is 12.5. The molecule has 2 aromatic heterocycles. The molecule has 0 unspecified atom stereocenters. The highest BCUT2D eigenvalue weighted by Gasteiger charge is 2.25. The lowest BCUT2D eigenvalue weighted by Crippen LogP contribution is -2.52. The number of carbonyl (C=O) groups excluding carboxylic acids is 3. The largest absolute Gasteiger partial charge is 0.463 e. The zero-order valence-corrected chi connectivity index (χ0v) is 14.9. The van der Waals surface area contributed by atoms with Crippen molar-refractivity contribution in [3.63, 3.8) is 0 Å². The SMILES string of the molecule is CCOC(=O)N1CCN(C(=O)CNC(=O)c2cc3occc3n2C)CC1. The molecule has 3 heterocycles. The van der Waals surface area contributed by atoms with Gasteiger partial charge in [0.15, 0.2) is 5.58 Å². The summed E-state index contributed by atoms with van der Waals surface area (Å²) >= 11 is 0. The summed E-state index contributed by atoms with van der Waals surface area (Å²) in [5.41, 5.74) is 1.87. The second-order valence-electron chi connectivity index (χ2n) is 6.01. The number of nitrogens with zero attached hydrogens (tertiary/aromatic N) is 3. The van der Waals surface area contributed by atoms with Gasteiger partial charge in [-0.05, 0) is 6.92 Å². The first-order valence-corrected chi connectivity index (χ1v) is 8.52. The minimum absolute atomic E-state index is 0.0925. The first-order valence-electron chi connectivity index (χ1n) is 8.52. The summed E-state index contributed by atoms with van der Waals surface area (Å²) in [5.74, 6) is -0.517. The molecule has 3 rings (SSSR count). The number of ether oxygens (including phenoxy) is 1. The molecule has 0 spiro atoms. The predicted molar refractivity (Wildman–Crippen MR) is 92.7 cm³/mol. The van der Waals surface area contributed by atoms with Crippen LogP contribution >= 0.6 is 0 Å². The van der Waals surface area contributed by atoms with E-state index in [1.54, 1.807) is 46.7 Å². The Balaban J connectivity index is 1.50. The number of amides is 3. The van der Waals surface area contributed by atoms with Crippen LogP contribution in [0.5, 0.6) is 0 Å². The molecular weight excluding hydrogens is 340 g/mol. The number of aryl methyl sites for hydroxylation is 1. The molecule has 0 aromatic carbocycles. The number of fused-ring (bicyclic) bond motifs is 1. The molecule has 1 aliphatic heterocycles. The van der Waals surface area contributed by atoms with Crippen molar-refractivity contribution >= 4 is 29.0 Å². The van der Waals surface area contributed by atoms with Gasteiger partial charge in [-0.25, -0.2) is 4.79 Å². The van der Waals surface area contributed by atoms with Gasteiger partial charge in [0, 0.05) is 45.4 Å². The molecule has 0 bridgehead atoms. The average molecular weight is 362 g/mol. The van der Waals surface area contributed by atoms with Crippen LogP contribution in [0, 0.1) is 0 Å². The van der Waals surface area contributed by atoms with Gasteiger partial charge in [-0.3, -0.25) is 9.59 Å². The fourth-order valence-electron chi connectivity index (χ4n) is 2.98. The third kappa shape index (κ3) is 3.51. The van der Waals surface area contributed by atoms with Gasteiger partial charge in [-0.1, -0.05) is 0 Å². The Morgan fingerprint density at radius 3 is 2.54 bits per heavy atom. The van der Waals surface area contributed by atoms with Crippen LogP contribution in [0.3, 0.4) is 0 Å². The molecule has 3 amide bonds. The fraction of sp³-hybridized carbons (Fsp3) is 0.471. The number of furan rings is 1. The van der Waals surface area contributed by atoms with Crippen LogP contribution in [-0.2, 0) is 16.6 Å². The summed E-state index contributed by atoms with van der Waals surface area (Å²) in [7, 11) is 1.77. The van der Waals surface area contributed by atoms with E-state index in [9.17, 15) is 14.4 Å². The Bertz CT molecular complexity index is 816. The molecule has 0 atom stereocenters. The highest BCUT2D eigenvalue weighted by Crippen LogP contribution is 2.19. The number of aromatic nitrogens is 1. The zero-order valence-electron chi connectivity index (χ0n) is 14.9.